The topological polar surface area (TPSA) is 81.0 Å². The Kier molecular flexibility index (Phi) is 5.43. The standard InChI is InChI=1S/C24H17ClN4O2S/c25-16-7-5-15(6-8-16)23-20(19-3-1-2-4-21(19)27-23)13-26-28-24-29(22(31)14-32-24)17-9-11-18(30)12-10-17/h1-13,27,30H,14H2/b26-13+,28-24-. The maximum atomic E-state index is 12.4. The Balaban J connectivity index is 1.52. The third-order valence-electron chi connectivity index (χ3n) is 5.08. The minimum atomic E-state index is -0.0800. The Bertz CT molecular complexity index is 1360. The van der Waals surface area contributed by atoms with Crippen LogP contribution in [0.25, 0.3) is 22.2 Å². The molecule has 1 fully saturated rings. The van der Waals surface area contributed by atoms with Crippen molar-refractivity contribution in [2.75, 3.05) is 10.7 Å². The first kappa shape index (κ1) is 20.4. The number of aromatic hydroxyl groups is 1. The second-order valence-corrected chi connectivity index (χ2v) is 8.51. The zero-order chi connectivity index (χ0) is 22.1. The largest absolute Gasteiger partial charge is 0.508 e. The number of carbonyl (C=O) groups is 1. The second kappa shape index (κ2) is 8.53. The molecule has 0 radical (unpaired) electrons. The quantitative estimate of drug-likeness (QED) is 0.304. The van der Waals surface area contributed by atoms with Crippen molar-refractivity contribution in [2.24, 2.45) is 10.2 Å². The number of H-pyrrole nitrogens is 1. The van der Waals surface area contributed by atoms with Crippen LogP contribution >= 0.6 is 23.4 Å². The number of nitrogens with one attached hydrogen (secondary N) is 1. The van der Waals surface area contributed by atoms with E-state index in [0.717, 1.165) is 27.7 Å². The number of para-hydroxylation sites is 1. The number of aromatic nitrogens is 1. The molecule has 2 heterocycles. The van der Waals surface area contributed by atoms with E-state index in [1.807, 2.05) is 48.5 Å². The zero-order valence-corrected chi connectivity index (χ0v) is 18.3. The lowest BCUT2D eigenvalue weighted by atomic mass is 10.1. The number of nitrogens with zero attached hydrogens (tertiary/aromatic N) is 3. The Morgan fingerprint density at radius 3 is 2.56 bits per heavy atom. The predicted molar refractivity (Wildman–Crippen MR) is 132 cm³/mol. The van der Waals surface area contributed by atoms with Gasteiger partial charge < -0.3 is 10.1 Å². The first-order valence-electron chi connectivity index (χ1n) is 9.82. The van der Waals surface area contributed by atoms with Crippen LogP contribution in [0.2, 0.25) is 5.02 Å². The van der Waals surface area contributed by atoms with Crippen molar-refractivity contribution in [3.05, 3.63) is 83.4 Å². The fourth-order valence-electron chi connectivity index (χ4n) is 3.57. The summed E-state index contributed by atoms with van der Waals surface area (Å²) in [6, 6.07) is 22.0. The maximum absolute atomic E-state index is 12.4. The number of fused-ring (bicyclic) bond motifs is 1. The molecule has 3 aromatic carbocycles. The van der Waals surface area contributed by atoms with Crippen LogP contribution in [-0.4, -0.2) is 33.1 Å². The van der Waals surface area contributed by atoms with Gasteiger partial charge in [0.25, 0.3) is 0 Å². The van der Waals surface area contributed by atoms with Gasteiger partial charge in [-0.25, -0.2) is 0 Å². The molecule has 0 aliphatic carbocycles. The number of rotatable bonds is 4. The Labute approximate surface area is 193 Å². The highest BCUT2D eigenvalue weighted by atomic mass is 35.5. The number of halogens is 1. The van der Waals surface area contributed by atoms with Crippen LogP contribution in [0.4, 0.5) is 5.69 Å². The molecule has 5 rings (SSSR count). The van der Waals surface area contributed by atoms with Gasteiger partial charge in [0.1, 0.15) is 5.75 Å². The van der Waals surface area contributed by atoms with E-state index in [4.69, 9.17) is 11.6 Å². The number of phenols is 1. The second-order valence-electron chi connectivity index (χ2n) is 7.13. The molecule has 158 valence electrons. The summed E-state index contributed by atoms with van der Waals surface area (Å²) in [5.41, 5.74) is 4.43. The molecule has 1 aliphatic rings. The number of aromatic amines is 1. The summed E-state index contributed by atoms with van der Waals surface area (Å²) < 4.78 is 0. The summed E-state index contributed by atoms with van der Waals surface area (Å²) in [4.78, 5) is 17.4. The molecule has 1 aliphatic heterocycles. The molecule has 1 aromatic heterocycles. The van der Waals surface area contributed by atoms with Crippen LogP contribution in [0.3, 0.4) is 0 Å². The zero-order valence-electron chi connectivity index (χ0n) is 16.7. The summed E-state index contributed by atoms with van der Waals surface area (Å²) in [6.07, 6.45) is 1.70. The summed E-state index contributed by atoms with van der Waals surface area (Å²) in [5, 5.41) is 20.4. The first-order chi connectivity index (χ1) is 15.6. The van der Waals surface area contributed by atoms with Crippen molar-refractivity contribution >= 4 is 57.2 Å². The molecule has 2 N–H and O–H groups in total. The summed E-state index contributed by atoms with van der Waals surface area (Å²) in [7, 11) is 0. The van der Waals surface area contributed by atoms with Crippen LogP contribution < -0.4 is 4.90 Å². The van der Waals surface area contributed by atoms with Gasteiger partial charge in [0, 0.05) is 21.5 Å². The molecule has 1 saturated heterocycles. The Hall–Kier alpha value is -3.55. The number of hydrogen-bond acceptors (Lipinski definition) is 5. The van der Waals surface area contributed by atoms with E-state index in [1.165, 1.54) is 28.8 Å². The van der Waals surface area contributed by atoms with Crippen molar-refractivity contribution in [3.8, 4) is 17.0 Å². The number of carbonyl (C=O) groups excluding carboxylic acids is 1. The number of benzene rings is 3. The normalized spacial score (nSPS) is 15.5. The number of amidine groups is 1. The Morgan fingerprint density at radius 2 is 1.78 bits per heavy atom. The number of thioether (sulfide) groups is 1. The highest BCUT2D eigenvalue weighted by Crippen LogP contribution is 2.31. The van der Waals surface area contributed by atoms with Crippen molar-refractivity contribution in [3.63, 3.8) is 0 Å². The summed E-state index contributed by atoms with van der Waals surface area (Å²) >= 11 is 7.38. The van der Waals surface area contributed by atoms with Gasteiger partial charge in [-0.3, -0.25) is 9.69 Å². The SMILES string of the molecule is O=C1CS/C(=N\N=C\c2c(-c3ccc(Cl)cc3)[nH]c3ccccc23)N1c1ccc(O)cc1. The van der Waals surface area contributed by atoms with Gasteiger partial charge in [-0.15, -0.1) is 5.10 Å². The van der Waals surface area contributed by atoms with Gasteiger partial charge in [-0.05, 0) is 48.0 Å². The maximum Gasteiger partial charge on any atom is 0.243 e. The van der Waals surface area contributed by atoms with E-state index in [9.17, 15) is 9.90 Å². The molecule has 0 bridgehead atoms. The minimum absolute atomic E-state index is 0.0800. The van der Waals surface area contributed by atoms with Crippen molar-refractivity contribution in [2.45, 2.75) is 0 Å². The summed E-state index contributed by atoms with van der Waals surface area (Å²) in [5.74, 6) is 0.348. The molecule has 1 amide bonds. The van der Waals surface area contributed by atoms with E-state index in [1.54, 1.807) is 18.3 Å². The fourth-order valence-corrected chi connectivity index (χ4v) is 4.52. The average Bonchev–Trinajstić information content (AvgIpc) is 3.36. The van der Waals surface area contributed by atoms with E-state index in [0.29, 0.717) is 21.6 Å². The molecule has 6 nitrogen and oxygen atoms in total. The van der Waals surface area contributed by atoms with Gasteiger partial charge in [-0.2, -0.15) is 5.10 Å². The van der Waals surface area contributed by atoms with Crippen molar-refractivity contribution < 1.29 is 9.90 Å². The molecule has 0 saturated carbocycles. The van der Waals surface area contributed by atoms with Gasteiger partial charge in [-0.1, -0.05) is 53.7 Å². The van der Waals surface area contributed by atoms with Gasteiger partial charge >= 0.3 is 0 Å². The molecule has 0 unspecified atom stereocenters. The fraction of sp³-hybridized carbons (Fsp3) is 0.0417. The van der Waals surface area contributed by atoms with Crippen molar-refractivity contribution in [1.82, 2.24) is 4.98 Å². The van der Waals surface area contributed by atoms with Gasteiger partial charge in [0.2, 0.25) is 5.91 Å². The first-order valence-corrected chi connectivity index (χ1v) is 11.2. The van der Waals surface area contributed by atoms with Crippen LogP contribution in [0.15, 0.2) is 83.0 Å². The highest BCUT2D eigenvalue weighted by Gasteiger charge is 2.29. The van der Waals surface area contributed by atoms with Crippen LogP contribution in [0.5, 0.6) is 5.75 Å². The molecular weight excluding hydrogens is 444 g/mol. The monoisotopic (exact) mass is 460 g/mol. The number of phenolic OH excluding ortho intramolecular Hbond substituents is 1. The number of anilines is 1. The van der Waals surface area contributed by atoms with E-state index in [2.05, 4.69) is 15.2 Å². The minimum Gasteiger partial charge on any atom is -0.508 e. The number of amides is 1. The molecular formula is C24H17ClN4O2S. The van der Waals surface area contributed by atoms with Gasteiger partial charge in [0.15, 0.2) is 5.17 Å². The van der Waals surface area contributed by atoms with Crippen molar-refractivity contribution in [1.29, 1.82) is 0 Å². The summed E-state index contributed by atoms with van der Waals surface area (Å²) in [6.45, 7) is 0. The number of hydrogen-bond donors (Lipinski definition) is 2. The van der Waals surface area contributed by atoms with E-state index < -0.39 is 0 Å². The molecule has 0 atom stereocenters. The lowest BCUT2D eigenvalue weighted by Crippen LogP contribution is -2.28. The third kappa shape index (κ3) is 3.88. The van der Waals surface area contributed by atoms with Crippen LogP contribution in [-0.2, 0) is 4.79 Å². The smallest absolute Gasteiger partial charge is 0.243 e. The molecule has 8 heteroatoms. The average molecular weight is 461 g/mol. The Morgan fingerprint density at radius 1 is 1.03 bits per heavy atom. The lowest BCUT2D eigenvalue weighted by molar-refractivity contribution is -0.115. The van der Waals surface area contributed by atoms with Crippen LogP contribution in [0.1, 0.15) is 5.56 Å². The lowest BCUT2D eigenvalue weighted by Gasteiger charge is -2.14. The van der Waals surface area contributed by atoms with E-state index >= 15 is 0 Å². The third-order valence-corrected chi connectivity index (χ3v) is 6.25. The van der Waals surface area contributed by atoms with E-state index in [-0.39, 0.29) is 11.7 Å². The molecule has 4 aromatic rings. The molecule has 0 spiro atoms. The van der Waals surface area contributed by atoms with Gasteiger partial charge in [0.05, 0.1) is 23.3 Å². The molecule has 32 heavy (non-hydrogen) atoms. The van der Waals surface area contributed by atoms with Crippen LogP contribution in [0, 0.1) is 0 Å². The highest BCUT2D eigenvalue weighted by molar-refractivity contribution is 8.15. The predicted octanol–water partition coefficient (Wildman–Crippen LogP) is 5.66.